The van der Waals surface area contributed by atoms with Crippen LogP contribution in [0.2, 0.25) is 0 Å². The number of aryl methyl sites for hydroxylation is 1. The molecule has 0 bridgehead atoms. The summed E-state index contributed by atoms with van der Waals surface area (Å²) in [6, 6.07) is -0.890. The number of aromatic nitrogens is 2. The minimum atomic E-state index is -0.890. The molecular formula is C17H22N4O3S2. The van der Waals surface area contributed by atoms with Crippen molar-refractivity contribution in [1.82, 2.24) is 14.9 Å². The minimum absolute atomic E-state index is 0.0467. The van der Waals surface area contributed by atoms with Gasteiger partial charge in [-0.1, -0.05) is 18.7 Å². The maximum Gasteiger partial charge on any atom is 0.318 e. The summed E-state index contributed by atoms with van der Waals surface area (Å²) < 4.78 is 1.60. The fraction of sp³-hybridized carbons (Fsp3) is 0.529. The van der Waals surface area contributed by atoms with E-state index in [1.807, 2.05) is 6.92 Å². The van der Waals surface area contributed by atoms with E-state index in [1.165, 1.54) is 4.88 Å². The fourth-order valence-electron chi connectivity index (χ4n) is 3.21. The Kier molecular flexibility index (Phi) is 5.38. The molecule has 1 aliphatic carbocycles. The molecule has 2 aromatic rings. The van der Waals surface area contributed by atoms with Crippen LogP contribution in [0.25, 0.3) is 10.2 Å². The summed E-state index contributed by atoms with van der Waals surface area (Å²) in [5.74, 6) is 0.120. The molecule has 0 aromatic carbocycles. The molecule has 3 rings (SSSR count). The lowest BCUT2D eigenvalue weighted by atomic mass is 9.89. The van der Waals surface area contributed by atoms with Gasteiger partial charge in [0.05, 0.1) is 10.6 Å². The smallest absolute Gasteiger partial charge is 0.318 e. The number of carbonyl (C=O) groups excluding carboxylic acids is 2. The third-order valence-corrected chi connectivity index (χ3v) is 6.83. The largest absolute Gasteiger partial charge is 0.351 e. The average molecular weight is 395 g/mol. The predicted molar refractivity (Wildman–Crippen MR) is 104 cm³/mol. The quantitative estimate of drug-likeness (QED) is 0.611. The van der Waals surface area contributed by atoms with Crippen molar-refractivity contribution in [3.8, 4) is 0 Å². The predicted octanol–water partition coefficient (Wildman–Crippen LogP) is 2.28. The number of nitrogens with two attached hydrogens (primary N) is 1. The van der Waals surface area contributed by atoms with Crippen molar-refractivity contribution < 1.29 is 9.59 Å². The summed E-state index contributed by atoms with van der Waals surface area (Å²) in [6.45, 7) is 6.23. The number of nitrogens with one attached hydrogen (secondary N) is 1. The van der Waals surface area contributed by atoms with Crippen LogP contribution in [0.1, 0.15) is 37.6 Å². The van der Waals surface area contributed by atoms with Gasteiger partial charge < -0.3 is 5.73 Å². The van der Waals surface area contributed by atoms with Crippen LogP contribution in [0, 0.1) is 5.92 Å². The van der Waals surface area contributed by atoms with Crippen molar-refractivity contribution >= 4 is 45.3 Å². The van der Waals surface area contributed by atoms with Gasteiger partial charge in [0.25, 0.3) is 5.56 Å². The first-order chi connectivity index (χ1) is 12.3. The van der Waals surface area contributed by atoms with Crippen LogP contribution >= 0.6 is 23.1 Å². The van der Waals surface area contributed by atoms with Gasteiger partial charge >= 0.3 is 6.03 Å². The molecule has 0 saturated heterocycles. The zero-order valence-electron chi connectivity index (χ0n) is 15.0. The zero-order valence-corrected chi connectivity index (χ0v) is 16.6. The first kappa shape index (κ1) is 18.9. The summed E-state index contributed by atoms with van der Waals surface area (Å²) in [6.07, 6.45) is 2.99. The Morgan fingerprint density at radius 3 is 2.88 bits per heavy atom. The standard InChI is InChI=1S/C17H22N4O3S2/c1-4-21-15(23)12-10-6-5-8(2)7-11(10)26-14(12)20-17(21)25-9(3)13(22)19-16(18)24/h8-9H,4-7H2,1-3H3,(H3,18,19,22,24)/t8-,9+/m0/s1. The van der Waals surface area contributed by atoms with Gasteiger partial charge in [-0.2, -0.15) is 0 Å². The molecule has 0 fully saturated rings. The molecule has 0 spiro atoms. The van der Waals surface area contributed by atoms with E-state index in [0.29, 0.717) is 17.6 Å². The van der Waals surface area contributed by atoms with E-state index >= 15 is 0 Å². The zero-order chi connectivity index (χ0) is 19.0. The van der Waals surface area contributed by atoms with Crippen LogP contribution in [0.3, 0.4) is 0 Å². The Labute approximate surface area is 159 Å². The summed E-state index contributed by atoms with van der Waals surface area (Å²) in [5, 5.41) is 2.69. The molecule has 2 atom stereocenters. The molecule has 9 heteroatoms. The third-order valence-electron chi connectivity index (χ3n) is 4.59. The fourth-order valence-corrected chi connectivity index (χ4v) is 5.60. The normalized spacial score (nSPS) is 17.7. The van der Waals surface area contributed by atoms with Gasteiger partial charge in [-0.3, -0.25) is 19.5 Å². The highest BCUT2D eigenvalue weighted by atomic mass is 32.2. The highest BCUT2D eigenvalue weighted by Crippen LogP contribution is 2.36. The third kappa shape index (κ3) is 3.50. The number of primary amides is 1. The molecule has 0 radical (unpaired) electrons. The summed E-state index contributed by atoms with van der Waals surface area (Å²) in [4.78, 5) is 42.6. The summed E-state index contributed by atoms with van der Waals surface area (Å²) >= 11 is 2.74. The molecule has 0 unspecified atom stereocenters. The molecule has 140 valence electrons. The van der Waals surface area contributed by atoms with Gasteiger partial charge in [-0.25, -0.2) is 9.78 Å². The number of hydrogen-bond acceptors (Lipinski definition) is 6. The number of thioether (sulfide) groups is 1. The van der Waals surface area contributed by atoms with Gasteiger partial charge in [0.1, 0.15) is 4.83 Å². The first-order valence-electron chi connectivity index (χ1n) is 8.63. The molecule has 3 N–H and O–H groups in total. The van der Waals surface area contributed by atoms with E-state index in [4.69, 9.17) is 5.73 Å². The average Bonchev–Trinajstić information content (AvgIpc) is 2.91. The van der Waals surface area contributed by atoms with Crippen LogP contribution in [0.5, 0.6) is 0 Å². The van der Waals surface area contributed by atoms with Crippen LogP contribution in [-0.2, 0) is 24.2 Å². The number of hydrogen-bond donors (Lipinski definition) is 2. The number of amides is 3. The second-order valence-corrected chi connectivity index (χ2v) is 8.98. The molecule has 2 heterocycles. The number of fused-ring (bicyclic) bond motifs is 3. The highest BCUT2D eigenvalue weighted by Gasteiger charge is 2.26. The lowest BCUT2D eigenvalue weighted by molar-refractivity contribution is -0.119. The van der Waals surface area contributed by atoms with Gasteiger partial charge in [0.2, 0.25) is 5.91 Å². The molecule has 1 aliphatic rings. The Morgan fingerprint density at radius 1 is 1.50 bits per heavy atom. The van der Waals surface area contributed by atoms with Crippen molar-refractivity contribution in [2.45, 2.75) is 57.0 Å². The first-order valence-corrected chi connectivity index (χ1v) is 10.3. The van der Waals surface area contributed by atoms with Crippen molar-refractivity contribution in [2.24, 2.45) is 11.7 Å². The van der Waals surface area contributed by atoms with E-state index in [2.05, 4.69) is 17.2 Å². The molecule has 2 aromatic heterocycles. The monoisotopic (exact) mass is 394 g/mol. The molecule has 0 saturated carbocycles. The van der Waals surface area contributed by atoms with Crippen LogP contribution < -0.4 is 16.6 Å². The molecule has 0 aliphatic heterocycles. The maximum absolute atomic E-state index is 13.1. The van der Waals surface area contributed by atoms with Crippen LogP contribution in [0.15, 0.2) is 9.95 Å². The van der Waals surface area contributed by atoms with E-state index in [0.717, 1.165) is 46.8 Å². The number of rotatable bonds is 4. The lowest BCUT2D eigenvalue weighted by Crippen LogP contribution is -2.39. The van der Waals surface area contributed by atoms with Crippen molar-refractivity contribution in [3.63, 3.8) is 0 Å². The lowest BCUT2D eigenvalue weighted by Gasteiger charge is -2.17. The van der Waals surface area contributed by atoms with E-state index in [9.17, 15) is 14.4 Å². The van der Waals surface area contributed by atoms with Gasteiger partial charge in [-0.15, -0.1) is 11.3 Å². The molecule has 7 nitrogen and oxygen atoms in total. The number of imide groups is 1. The van der Waals surface area contributed by atoms with Crippen LogP contribution in [0.4, 0.5) is 4.79 Å². The number of carbonyl (C=O) groups is 2. The Hall–Kier alpha value is -1.87. The topological polar surface area (TPSA) is 107 Å². The van der Waals surface area contributed by atoms with E-state index in [1.54, 1.807) is 22.8 Å². The summed E-state index contributed by atoms with van der Waals surface area (Å²) in [5.41, 5.74) is 6.10. The second kappa shape index (κ2) is 7.40. The Morgan fingerprint density at radius 2 is 2.23 bits per heavy atom. The summed E-state index contributed by atoms with van der Waals surface area (Å²) in [7, 11) is 0. The van der Waals surface area contributed by atoms with E-state index < -0.39 is 17.2 Å². The van der Waals surface area contributed by atoms with Gasteiger partial charge in [0, 0.05) is 11.4 Å². The highest BCUT2D eigenvalue weighted by molar-refractivity contribution is 8.00. The SMILES string of the molecule is CCn1c(S[C@H](C)C(=O)NC(N)=O)nc2sc3c(c2c1=O)CC[C@H](C)C3. The minimum Gasteiger partial charge on any atom is -0.351 e. The number of thiophene rings is 1. The molecule has 26 heavy (non-hydrogen) atoms. The maximum atomic E-state index is 13.1. The van der Waals surface area contributed by atoms with Crippen molar-refractivity contribution in [3.05, 3.63) is 20.8 Å². The Balaban J connectivity index is 2.02. The van der Waals surface area contributed by atoms with Crippen molar-refractivity contribution in [2.75, 3.05) is 0 Å². The number of urea groups is 1. The molecule has 3 amide bonds. The van der Waals surface area contributed by atoms with Gasteiger partial charge in [-0.05, 0) is 44.6 Å². The second-order valence-electron chi connectivity index (χ2n) is 6.59. The van der Waals surface area contributed by atoms with Gasteiger partial charge in [0.15, 0.2) is 5.16 Å². The number of nitrogens with zero attached hydrogens (tertiary/aromatic N) is 2. The van der Waals surface area contributed by atoms with Crippen molar-refractivity contribution in [1.29, 1.82) is 0 Å². The van der Waals surface area contributed by atoms with E-state index in [-0.39, 0.29) is 5.56 Å². The Bertz CT molecular complexity index is 934. The van der Waals surface area contributed by atoms with Crippen LogP contribution in [-0.4, -0.2) is 26.7 Å². The molecular weight excluding hydrogens is 372 g/mol.